The van der Waals surface area contributed by atoms with E-state index in [9.17, 15) is 5.11 Å². The molecule has 0 radical (unpaired) electrons. The van der Waals surface area contributed by atoms with Crippen LogP contribution in [-0.4, -0.2) is 95.3 Å². The van der Waals surface area contributed by atoms with Crippen LogP contribution in [0.3, 0.4) is 0 Å². The molecule has 1 aromatic rings. The fourth-order valence-electron chi connectivity index (χ4n) is 2.21. The first-order chi connectivity index (χ1) is 14.0. The van der Waals surface area contributed by atoms with E-state index in [1.165, 1.54) is 5.56 Å². The maximum atomic E-state index is 10.4. The molecule has 1 rings (SSSR count). The topological polar surface area (TPSA) is 142 Å². The van der Waals surface area contributed by atoms with Crippen molar-refractivity contribution in [1.82, 2.24) is 14.7 Å². The van der Waals surface area contributed by atoms with Gasteiger partial charge in [-0.3, -0.25) is 14.4 Å². The van der Waals surface area contributed by atoms with Crippen molar-refractivity contribution < 1.29 is 34.8 Å². The Morgan fingerprint density at radius 3 is 1.06 bits per heavy atom. The summed E-state index contributed by atoms with van der Waals surface area (Å²) >= 11 is 0. The summed E-state index contributed by atoms with van der Waals surface area (Å²) in [4.78, 5) is 33.3. The molecule has 4 N–H and O–H groups in total. The number of nitrogens with zero attached hydrogens (tertiary/aromatic N) is 3. The van der Waals surface area contributed by atoms with Gasteiger partial charge in [0, 0.05) is 51.5 Å². The molecule has 0 aliphatic heterocycles. The number of carboxylic acid groups (broad SMARTS) is 3. The Morgan fingerprint density at radius 1 is 0.645 bits per heavy atom. The van der Waals surface area contributed by atoms with Gasteiger partial charge in [0.2, 0.25) is 0 Å². The molecule has 0 heterocycles. The zero-order valence-electron chi connectivity index (χ0n) is 20.1. The van der Waals surface area contributed by atoms with Gasteiger partial charge in [-0.25, -0.2) is 0 Å². The van der Waals surface area contributed by atoms with Crippen LogP contribution in [0.25, 0.3) is 0 Å². The molecule has 0 saturated heterocycles. The number of aromatic hydroxyl groups is 1. The van der Waals surface area contributed by atoms with Gasteiger partial charge >= 0.3 is 0 Å². The SMILES string of the molecule is CC(=O)O.CC(=O)O.CC(=O)O.CN(C)Cc1cc(CN(C)C)c(O)c(CN(C)C)c1. The van der Waals surface area contributed by atoms with Crippen molar-refractivity contribution in [3.63, 3.8) is 0 Å². The van der Waals surface area contributed by atoms with Crippen molar-refractivity contribution in [3.05, 3.63) is 28.8 Å². The highest BCUT2D eigenvalue weighted by molar-refractivity contribution is 5.63. The molecule has 0 aliphatic carbocycles. The van der Waals surface area contributed by atoms with E-state index in [2.05, 4.69) is 40.9 Å². The third-order valence-corrected chi connectivity index (χ3v) is 2.80. The molecule has 180 valence electrons. The van der Waals surface area contributed by atoms with E-state index in [1.54, 1.807) is 0 Å². The highest BCUT2D eigenvalue weighted by Crippen LogP contribution is 2.27. The fourth-order valence-corrected chi connectivity index (χ4v) is 2.21. The summed E-state index contributed by atoms with van der Waals surface area (Å²) in [6.07, 6.45) is 0. The van der Waals surface area contributed by atoms with Crippen LogP contribution in [0.4, 0.5) is 0 Å². The lowest BCUT2D eigenvalue weighted by molar-refractivity contribution is -0.135. The van der Waals surface area contributed by atoms with Gasteiger partial charge in [-0.2, -0.15) is 0 Å². The lowest BCUT2D eigenvalue weighted by Crippen LogP contribution is -2.16. The third kappa shape index (κ3) is 27.3. The number of aliphatic carboxylic acids is 3. The Labute approximate surface area is 185 Å². The number of rotatable bonds is 6. The molecule has 0 amide bonds. The number of carbonyl (C=O) groups is 3. The predicted octanol–water partition coefficient (Wildman–Crippen LogP) is 1.85. The van der Waals surface area contributed by atoms with Crippen LogP contribution in [0.15, 0.2) is 12.1 Å². The summed E-state index contributed by atoms with van der Waals surface area (Å²) in [7, 11) is 12.2. The van der Waals surface area contributed by atoms with Crippen LogP contribution < -0.4 is 0 Å². The molecule has 0 aromatic heterocycles. The number of hydrogen-bond acceptors (Lipinski definition) is 7. The number of carboxylic acids is 3. The van der Waals surface area contributed by atoms with Gasteiger partial charge in [0.1, 0.15) is 5.75 Å². The van der Waals surface area contributed by atoms with Crippen molar-refractivity contribution in [2.45, 2.75) is 40.4 Å². The average molecular weight is 446 g/mol. The Balaban J connectivity index is -0.000000537. The van der Waals surface area contributed by atoms with Gasteiger partial charge in [-0.1, -0.05) is 0 Å². The van der Waals surface area contributed by atoms with Crippen LogP contribution in [0.1, 0.15) is 37.5 Å². The zero-order valence-corrected chi connectivity index (χ0v) is 20.1. The summed E-state index contributed by atoms with van der Waals surface area (Å²) in [5.41, 5.74) is 3.25. The van der Waals surface area contributed by atoms with Gasteiger partial charge in [-0.15, -0.1) is 0 Å². The smallest absolute Gasteiger partial charge is 0.300 e. The number of phenolic OH excluding ortho intramolecular Hbond substituents is 1. The van der Waals surface area contributed by atoms with Crippen LogP contribution in [0, 0.1) is 0 Å². The van der Waals surface area contributed by atoms with E-state index in [1.807, 2.05) is 28.2 Å². The number of phenols is 1. The van der Waals surface area contributed by atoms with Gasteiger partial charge < -0.3 is 35.1 Å². The predicted molar refractivity (Wildman–Crippen MR) is 120 cm³/mol. The van der Waals surface area contributed by atoms with Crippen molar-refractivity contribution in [1.29, 1.82) is 0 Å². The summed E-state index contributed by atoms with van der Waals surface area (Å²) in [6, 6.07) is 4.21. The Bertz CT molecular complexity index is 603. The molecular formula is C21H39N3O7. The maximum absolute atomic E-state index is 10.4. The summed E-state index contributed by atoms with van der Waals surface area (Å²) < 4.78 is 0. The molecule has 0 atom stereocenters. The lowest BCUT2D eigenvalue weighted by atomic mass is 10.0. The summed E-state index contributed by atoms with van der Waals surface area (Å²) in [5, 5.41) is 32.6. The lowest BCUT2D eigenvalue weighted by Gasteiger charge is -2.19. The van der Waals surface area contributed by atoms with E-state index in [0.29, 0.717) is 5.75 Å². The highest BCUT2D eigenvalue weighted by atomic mass is 16.4. The number of hydrogen-bond donors (Lipinski definition) is 4. The first-order valence-corrected chi connectivity index (χ1v) is 9.35. The standard InChI is InChI=1S/C15H27N3O.3C2H4O2/c1-16(2)9-12-7-13(10-17(3)4)15(19)14(8-12)11-18(5)6;3*1-2(3)4/h7-8,19H,9-11H2,1-6H3;3*1H3,(H,3,4). The van der Waals surface area contributed by atoms with E-state index in [-0.39, 0.29) is 0 Å². The van der Waals surface area contributed by atoms with Gasteiger partial charge in [-0.05, 0) is 60.0 Å². The molecule has 0 aliphatic rings. The highest BCUT2D eigenvalue weighted by Gasteiger charge is 2.12. The minimum absolute atomic E-state index is 0.435. The van der Waals surface area contributed by atoms with Crippen LogP contribution in [-0.2, 0) is 34.0 Å². The molecule has 10 nitrogen and oxygen atoms in total. The summed E-state index contributed by atoms with van der Waals surface area (Å²) in [5.74, 6) is -2.06. The van der Waals surface area contributed by atoms with E-state index < -0.39 is 17.9 Å². The average Bonchev–Trinajstić information content (AvgIpc) is 2.48. The second-order valence-corrected chi connectivity index (χ2v) is 7.53. The van der Waals surface area contributed by atoms with Gasteiger partial charge in [0.25, 0.3) is 17.9 Å². The molecular weight excluding hydrogens is 406 g/mol. The van der Waals surface area contributed by atoms with Crippen molar-refractivity contribution in [2.24, 2.45) is 0 Å². The van der Waals surface area contributed by atoms with Crippen LogP contribution >= 0.6 is 0 Å². The molecule has 10 heteroatoms. The van der Waals surface area contributed by atoms with Gasteiger partial charge in [0.05, 0.1) is 0 Å². The Hall–Kier alpha value is -2.69. The van der Waals surface area contributed by atoms with E-state index in [4.69, 9.17) is 29.7 Å². The minimum Gasteiger partial charge on any atom is -0.507 e. The quantitative estimate of drug-likeness (QED) is 0.512. The zero-order chi connectivity index (χ0) is 25.3. The third-order valence-electron chi connectivity index (χ3n) is 2.80. The van der Waals surface area contributed by atoms with Crippen LogP contribution in [0.5, 0.6) is 5.75 Å². The Morgan fingerprint density at radius 2 is 0.871 bits per heavy atom. The molecule has 0 fully saturated rings. The molecule has 0 spiro atoms. The molecule has 0 saturated carbocycles. The normalized spacial score (nSPS) is 9.68. The second-order valence-electron chi connectivity index (χ2n) is 7.53. The summed E-state index contributed by atoms with van der Waals surface area (Å²) in [6.45, 7) is 5.65. The Kier molecular flexibility index (Phi) is 19.3. The first-order valence-electron chi connectivity index (χ1n) is 9.35. The van der Waals surface area contributed by atoms with Crippen molar-refractivity contribution in [2.75, 3.05) is 42.3 Å². The van der Waals surface area contributed by atoms with E-state index >= 15 is 0 Å². The minimum atomic E-state index is -0.833. The molecule has 1 aromatic carbocycles. The second kappa shape index (κ2) is 18.1. The molecule has 0 unspecified atom stereocenters. The van der Waals surface area contributed by atoms with Crippen LogP contribution in [0.2, 0.25) is 0 Å². The number of benzene rings is 1. The molecule has 31 heavy (non-hydrogen) atoms. The van der Waals surface area contributed by atoms with Crippen molar-refractivity contribution >= 4 is 17.9 Å². The first kappa shape index (κ1) is 33.0. The molecule has 0 bridgehead atoms. The fraction of sp³-hybridized carbons (Fsp3) is 0.571. The van der Waals surface area contributed by atoms with Gasteiger partial charge in [0.15, 0.2) is 0 Å². The monoisotopic (exact) mass is 445 g/mol. The van der Waals surface area contributed by atoms with E-state index in [0.717, 1.165) is 51.5 Å². The largest absolute Gasteiger partial charge is 0.507 e. The maximum Gasteiger partial charge on any atom is 0.300 e. The van der Waals surface area contributed by atoms with Crippen molar-refractivity contribution in [3.8, 4) is 5.75 Å².